The number of methoxy groups -OCH3 is 1. The molecule has 0 radical (unpaired) electrons. The summed E-state index contributed by atoms with van der Waals surface area (Å²) < 4.78 is 7.06. The number of aromatic nitrogens is 1. The van der Waals surface area contributed by atoms with E-state index in [0.717, 1.165) is 39.3 Å². The minimum Gasteiger partial charge on any atom is -0.465 e. The average molecular weight is 481 g/mol. The van der Waals surface area contributed by atoms with E-state index in [1.807, 2.05) is 84.9 Å². The zero-order valence-electron chi connectivity index (χ0n) is 20.3. The number of carbonyl (C=O) groups excluding carboxylic acids is 1. The first-order valence-electron chi connectivity index (χ1n) is 11.9. The lowest BCUT2D eigenvalue weighted by molar-refractivity contribution is 0.0600. The van der Waals surface area contributed by atoms with Gasteiger partial charge in [-0.3, -0.25) is 0 Å². The number of hydrogen-bond donors (Lipinski definition) is 0. The van der Waals surface area contributed by atoms with Crippen LogP contribution in [-0.4, -0.2) is 17.6 Å². The zero-order chi connectivity index (χ0) is 25.6. The van der Waals surface area contributed by atoms with Gasteiger partial charge in [0.15, 0.2) is 0 Å². The molecule has 0 aliphatic heterocycles. The van der Waals surface area contributed by atoms with Crippen LogP contribution in [0.1, 0.15) is 21.5 Å². The molecule has 0 spiro atoms. The van der Waals surface area contributed by atoms with Gasteiger partial charge in [-0.05, 0) is 53.1 Å². The zero-order valence-corrected chi connectivity index (χ0v) is 20.3. The van der Waals surface area contributed by atoms with Crippen LogP contribution in [0.2, 0.25) is 0 Å². The Morgan fingerprint density at radius 3 is 1.89 bits per heavy atom. The number of esters is 1. The van der Waals surface area contributed by atoms with E-state index in [4.69, 9.17) is 4.74 Å². The second-order valence-corrected chi connectivity index (χ2v) is 8.48. The summed E-state index contributed by atoms with van der Waals surface area (Å²) in [5, 5.41) is 10.0. The number of hydrogen-bond acceptors (Lipinski definition) is 3. The van der Waals surface area contributed by atoms with Gasteiger partial charge in [0.2, 0.25) is 0 Å². The van der Waals surface area contributed by atoms with Crippen LogP contribution in [0, 0.1) is 11.3 Å². The first kappa shape index (κ1) is 23.6. The standard InChI is InChI=1S/C33H24N2O2/c1-37-33(36)27-17-19-30(20-18-27)35-31(25-13-7-3-8-14-25)22-28(32(35)26-15-9-4-10-16-26)21-29(23-34)24-11-5-2-6-12-24/h2-22H,1H3/b29-21+. The molecule has 0 saturated carbocycles. The highest BCUT2D eigenvalue weighted by molar-refractivity contribution is 5.95. The third-order valence-electron chi connectivity index (χ3n) is 6.20. The lowest BCUT2D eigenvalue weighted by Crippen LogP contribution is -2.03. The highest BCUT2D eigenvalue weighted by Gasteiger charge is 2.19. The number of nitrogens with zero attached hydrogens (tertiary/aromatic N) is 2. The molecule has 0 fully saturated rings. The molecule has 1 heterocycles. The minimum absolute atomic E-state index is 0.379. The van der Waals surface area contributed by atoms with Gasteiger partial charge in [0.05, 0.1) is 35.7 Å². The Balaban J connectivity index is 1.81. The molecule has 0 aliphatic rings. The van der Waals surface area contributed by atoms with Crippen molar-refractivity contribution in [3.8, 4) is 34.3 Å². The molecular weight excluding hydrogens is 456 g/mol. The number of allylic oxidation sites excluding steroid dienone is 1. The van der Waals surface area contributed by atoms with Crippen LogP contribution in [0.3, 0.4) is 0 Å². The Morgan fingerprint density at radius 2 is 1.32 bits per heavy atom. The summed E-state index contributed by atoms with van der Waals surface area (Å²) in [4.78, 5) is 12.1. The molecule has 4 aromatic carbocycles. The summed E-state index contributed by atoms with van der Waals surface area (Å²) >= 11 is 0. The van der Waals surface area contributed by atoms with Crippen molar-refractivity contribution in [1.82, 2.24) is 4.57 Å². The molecule has 0 aliphatic carbocycles. The maximum Gasteiger partial charge on any atom is 0.337 e. The summed E-state index contributed by atoms with van der Waals surface area (Å²) in [7, 11) is 1.38. The van der Waals surface area contributed by atoms with E-state index >= 15 is 0 Å². The maximum absolute atomic E-state index is 12.1. The molecule has 178 valence electrons. The summed E-state index contributed by atoms with van der Waals surface area (Å²) in [6.07, 6.45) is 1.95. The van der Waals surface area contributed by atoms with Gasteiger partial charge in [-0.25, -0.2) is 4.79 Å². The van der Waals surface area contributed by atoms with Crippen LogP contribution in [0.15, 0.2) is 121 Å². The van der Waals surface area contributed by atoms with Crippen LogP contribution in [0.4, 0.5) is 0 Å². The van der Waals surface area contributed by atoms with E-state index in [-0.39, 0.29) is 5.97 Å². The van der Waals surface area contributed by atoms with Gasteiger partial charge in [0, 0.05) is 11.3 Å². The van der Waals surface area contributed by atoms with E-state index < -0.39 is 0 Å². The summed E-state index contributed by atoms with van der Waals surface area (Å²) in [6, 6.07) is 41.8. The van der Waals surface area contributed by atoms with E-state index in [1.54, 1.807) is 12.1 Å². The Hall–Kier alpha value is -5.14. The van der Waals surface area contributed by atoms with Crippen molar-refractivity contribution in [1.29, 1.82) is 5.26 Å². The quantitative estimate of drug-likeness (QED) is 0.185. The van der Waals surface area contributed by atoms with Crippen LogP contribution >= 0.6 is 0 Å². The van der Waals surface area contributed by atoms with Crippen molar-refractivity contribution < 1.29 is 9.53 Å². The van der Waals surface area contributed by atoms with Crippen molar-refractivity contribution >= 4 is 17.6 Å². The van der Waals surface area contributed by atoms with E-state index in [1.165, 1.54) is 7.11 Å². The molecule has 5 rings (SSSR count). The van der Waals surface area contributed by atoms with Crippen LogP contribution < -0.4 is 0 Å². The fourth-order valence-electron chi connectivity index (χ4n) is 4.44. The maximum atomic E-state index is 12.1. The molecule has 0 unspecified atom stereocenters. The van der Waals surface area contributed by atoms with E-state index in [0.29, 0.717) is 11.1 Å². The first-order chi connectivity index (χ1) is 18.2. The summed E-state index contributed by atoms with van der Waals surface area (Å²) in [5.74, 6) is -0.379. The van der Waals surface area contributed by atoms with Crippen molar-refractivity contribution in [2.75, 3.05) is 7.11 Å². The van der Waals surface area contributed by atoms with Gasteiger partial charge >= 0.3 is 5.97 Å². The fourth-order valence-corrected chi connectivity index (χ4v) is 4.44. The predicted octanol–water partition coefficient (Wildman–Crippen LogP) is 7.66. The van der Waals surface area contributed by atoms with Gasteiger partial charge in [-0.2, -0.15) is 5.26 Å². The van der Waals surface area contributed by atoms with Crippen molar-refractivity contribution in [3.63, 3.8) is 0 Å². The number of rotatable bonds is 6. The SMILES string of the molecule is COC(=O)c1ccc(-n2c(-c3ccccc3)cc(/C=C(\C#N)c3ccccc3)c2-c2ccccc2)cc1. The van der Waals surface area contributed by atoms with E-state index in [9.17, 15) is 10.1 Å². The average Bonchev–Trinajstić information content (AvgIpc) is 3.36. The normalized spacial score (nSPS) is 11.1. The Morgan fingerprint density at radius 1 is 0.757 bits per heavy atom. The molecule has 37 heavy (non-hydrogen) atoms. The Labute approximate surface area is 216 Å². The molecular formula is C33H24N2O2. The number of benzene rings is 4. The molecule has 4 heteroatoms. The fraction of sp³-hybridized carbons (Fsp3) is 0.0303. The lowest BCUT2D eigenvalue weighted by atomic mass is 10.0. The molecule has 5 aromatic rings. The molecule has 0 saturated heterocycles. The van der Waals surface area contributed by atoms with Crippen molar-refractivity contribution in [2.45, 2.75) is 0 Å². The highest BCUT2D eigenvalue weighted by atomic mass is 16.5. The van der Waals surface area contributed by atoms with Crippen LogP contribution in [0.5, 0.6) is 0 Å². The number of nitriles is 1. The highest BCUT2D eigenvalue weighted by Crippen LogP contribution is 2.38. The first-order valence-corrected chi connectivity index (χ1v) is 11.9. The molecule has 0 amide bonds. The summed E-state index contributed by atoms with van der Waals surface area (Å²) in [6.45, 7) is 0. The van der Waals surface area contributed by atoms with E-state index in [2.05, 4.69) is 41.0 Å². The van der Waals surface area contributed by atoms with Crippen LogP contribution in [0.25, 0.3) is 39.9 Å². The second-order valence-electron chi connectivity index (χ2n) is 8.48. The topological polar surface area (TPSA) is 55.0 Å². The second kappa shape index (κ2) is 10.6. The molecule has 0 bridgehead atoms. The van der Waals surface area contributed by atoms with Crippen LogP contribution in [-0.2, 0) is 4.74 Å². The number of ether oxygens (including phenoxy) is 1. The Bertz CT molecular complexity index is 1590. The van der Waals surface area contributed by atoms with Gasteiger partial charge in [0.25, 0.3) is 0 Å². The predicted molar refractivity (Wildman–Crippen MR) is 148 cm³/mol. The molecule has 1 aromatic heterocycles. The minimum atomic E-state index is -0.379. The number of carbonyl (C=O) groups is 1. The van der Waals surface area contributed by atoms with Gasteiger partial charge < -0.3 is 9.30 Å². The molecule has 0 atom stereocenters. The molecule has 0 N–H and O–H groups in total. The van der Waals surface area contributed by atoms with Gasteiger partial charge in [0.1, 0.15) is 0 Å². The largest absolute Gasteiger partial charge is 0.465 e. The van der Waals surface area contributed by atoms with Crippen molar-refractivity contribution in [2.24, 2.45) is 0 Å². The third kappa shape index (κ3) is 4.84. The summed E-state index contributed by atoms with van der Waals surface area (Å²) in [5.41, 5.74) is 7.71. The monoisotopic (exact) mass is 480 g/mol. The van der Waals surface area contributed by atoms with Gasteiger partial charge in [-0.1, -0.05) is 91.0 Å². The third-order valence-corrected chi connectivity index (χ3v) is 6.20. The van der Waals surface area contributed by atoms with Crippen molar-refractivity contribution in [3.05, 3.63) is 138 Å². The smallest absolute Gasteiger partial charge is 0.337 e. The van der Waals surface area contributed by atoms with Gasteiger partial charge in [-0.15, -0.1) is 0 Å². The molecule has 4 nitrogen and oxygen atoms in total. The lowest BCUT2D eigenvalue weighted by Gasteiger charge is -2.15. The Kier molecular flexibility index (Phi) is 6.78.